The van der Waals surface area contributed by atoms with Gasteiger partial charge in [-0.25, -0.2) is 9.97 Å². The number of aliphatic hydroxyl groups is 1. The van der Waals surface area contributed by atoms with Gasteiger partial charge in [0.05, 0.1) is 20.3 Å². The lowest BCUT2D eigenvalue weighted by Crippen LogP contribution is -2.35. The first-order chi connectivity index (χ1) is 22.3. The number of carbonyl (C=O) groups excluding carboxylic acids is 2. The van der Waals surface area contributed by atoms with E-state index in [2.05, 4.69) is 39.5 Å². The number of anilines is 1. The molecule has 0 aliphatic carbocycles. The standard InChI is InChI=1S/C36H40N4O5/c1-3-44-33(42)22-37-36(43)34-35(45-24-28-7-5-4-6-8-28)25(2)38-32(39-34)21-26-17-19-40(20-18-26)31-15-13-30(14-16-31)29-11-9-27(23-41)10-12-29/h4-16,26,41H,3,17-24H2,1-2H3,(H,37,43)/i22D. The molecule has 2 N–H and O–H groups in total. The van der Waals surface area contributed by atoms with E-state index in [-0.39, 0.29) is 31.3 Å². The molecule has 5 rings (SSSR count). The van der Waals surface area contributed by atoms with Crippen LogP contribution in [0.3, 0.4) is 0 Å². The van der Waals surface area contributed by atoms with Crippen LogP contribution in [0, 0.1) is 12.8 Å². The highest BCUT2D eigenvalue weighted by molar-refractivity contribution is 5.96. The minimum Gasteiger partial charge on any atom is -0.485 e. The molecule has 9 nitrogen and oxygen atoms in total. The Kier molecular flexibility index (Phi) is 10.3. The third-order valence-electron chi connectivity index (χ3n) is 7.92. The third kappa shape index (κ3) is 8.45. The lowest BCUT2D eigenvalue weighted by molar-refractivity contribution is -0.141. The summed E-state index contributed by atoms with van der Waals surface area (Å²) in [6.45, 7) is 3.97. The molecule has 1 aliphatic rings. The summed E-state index contributed by atoms with van der Waals surface area (Å²) in [6, 6.07) is 26.1. The van der Waals surface area contributed by atoms with Gasteiger partial charge in [0, 0.05) is 25.2 Å². The molecule has 0 saturated carbocycles. The van der Waals surface area contributed by atoms with Gasteiger partial charge >= 0.3 is 5.97 Å². The molecule has 1 unspecified atom stereocenters. The number of amides is 1. The summed E-state index contributed by atoms with van der Waals surface area (Å²) in [5, 5.41) is 11.7. The van der Waals surface area contributed by atoms with Crippen molar-refractivity contribution in [3.63, 3.8) is 0 Å². The predicted molar refractivity (Wildman–Crippen MR) is 173 cm³/mol. The normalized spacial score (nSPS) is 14.4. The number of rotatable bonds is 12. The Balaban J connectivity index is 1.25. The van der Waals surface area contributed by atoms with E-state index in [0.29, 0.717) is 23.9 Å². The van der Waals surface area contributed by atoms with Crippen LogP contribution >= 0.6 is 0 Å². The molecule has 0 bridgehead atoms. The smallest absolute Gasteiger partial charge is 0.325 e. The van der Waals surface area contributed by atoms with Crippen LogP contribution in [0.15, 0.2) is 78.9 Å². The first kappa shape index (κ1) is 30.3. The maximum absolute atomic E-state index is 13.3. The summed E-state index contributed by atoms with van der Waals surface area (Å²) in [5.74, 6) is -0.446. The number of nitrogens with zero attached hydrogens (tertiary/aromatic N) is 3. The largest absolute Gasteiger partial charge is 0.485 e. The second kappa shape index (κ2) is 15.3. The molecule has 9 heteroatoms. The van der Waals surface area contributed by atoms with Crippen LogP contribution in [-0.2, 0) is 29.2 Å². The van der Waals surface area contributed by atoms with Crippen LogP contribution in [0.25, 0.3) is 11.1 Å². The number of benzene rings is 3. The molecule has 1 atom stereocenters. The summed E-state index contributed by atoms with van der Waals surface area (Å²) >= 11 is 0. The van der Waals surface area contributed by atoms with Crippen molar-refractivity contribution in [2.45, 2.75) is 46.3 Å². The van der Waals surface area contributed by atoms with Gasteiger partial charge in [-0.2, -0.15) is 0 Å². The van der Waals surface area contributed by atoms with Gasteiger partial charge in [0.1, 0.15) is 19.0 Å². The Morgan fingerprint density at radius 2 is 1.62 bits per heavy atom. The molecule has 1 aromatic heterocycles. The number of aliphatic hydroxyl groups excluding tert-OH is 1. The minimum absolute atomic E-state index is 0.00325. The Morgan fingerprint density at radius 3 is 2.27 bits per heavy atom. The lowest BCUT2D eigenvalue weighted by Gasteiger charge is -2.33. The van der Waals surface area contributed by atoms with E-state index in [4.69, 9.17) is 15.8 Å². The van der Waals surface area contributed by atoms with Crippen LogP contribution in [-0.4, -0.2) is 53.2 Å². The van der Waals surface area contributed by atoms with E-state index < -0.39 is 18.4 Å². The Hall–Kier alpha value is -4.76. The summed E-state index contributed by atoms with van der Waals surface area (Å²) in [7, 11) is 0. The zero-order valence-corrected chi connectivity index (χ0v) is 25.7. The van der Waals surface area contributed by atoms with Gasteiger partial charge < -0.3 is 24.8 Å². The van der Waals surface area contributed by atoms with E-state index in [0.717, 1.165) is 48.2 Å². The van der Waals surface area contributed by atoms with Crippen molar-refractivity contribution in [1.29, 1.82) is 0 Å². The van der Waals surface area contributed by atoms with E-state index in [9.17, 15) is 14.7 Å². The molecule has 1 saturated heterocycles. The second-order valence-corrected chi connectivity index (χ2v) is 11.1. The highest BCUT2D eigenvalue weighted by Gasteiger charge is 2.25. The van der Waals surface area contributed by atoms with Crippen molar-refractivity contribution in [3.05, 3.63) is 107 Å². The molecule has 45 heavy (non-hydrogen) atoms. The number of nitrogens with one attached hydrogen (secondary N) is 1. The quantitative estimate of drug-likeness (QED) is 0.209. The maximum atomic E-state index is 13.3. The average Bonchev–Trinajstić information content (AvgIpc) is 3.08. The van der Waals surface area contributed by atoms with Gasteiger partial charge in [0.25, 0.3) is 5.91 Å². The van der Waals surface area contributed by atoms with Crippen LogP contribution < -0.4 is 15.0 Å². The van der Waals surface area contributed by atoms with Gasteiger partial charge in [-0.1, -0.05) is 66.7 Å². The Labute approximate surface area is 265 Å². The summed E-state index contributed by atoms with van der Waals surface area (Å²) in [4.78, 5) is 37.0. The molecule has 3 aromatic carbocycles. The number of aromatic nitrogens is 2. The van der Waals surface area contributed by atoms with Crippen molar-refractivity contribution in [1.82, 2.24) is 15.3 Å². The van der Waals surface area contributed by atoms with Gasteiger partial charge in [-0.05, 0) is 67.0 Å². The van der Waals surface area contributed by atoms with Crippen molar-refractivity contribution >= 4 is 17.6 Å². The van der Waals surface area contributed by atoms with Crippen LogP contribution in [0.5, 0.6) is 5.75 Å². The predicted octanol–water partition coefficient (Wildman–Crippen LogP) is 5.28. The number of esters is 1. The zero-order valence-electron chi connectivity index (χ0n) is 26.7. The first-order valence-electron chi connectivity index (χ1n) is 15.9. The fraction of sp³-hybridized carbons (Fsp3) is 0.333. The number of hydrogen-bond donors (Lipinski definition) is 2. The molecular weight excluding hydrogens is 568 g/mol. The lowest BCUT2D eigenvalue weighted by atomic mass is 9.92. The number of ether oxygens (including phenoxy) is 2. The molecule has 1 aliphatic heterocycles. The monoisotopic (exact) mass is 609 g/mol. The van der Waals surface area contributed by atoms with Gasteiger partial charge in [0.15, 0.2) is 11.4 Å². The molecule has 0 spiro atoms. The van der Waals surface area contributed by atoms with Crippen LogP contribution in [0.1, 0.15) is 54.3 Å². The van der Waals surface area contributed by atoms with Gasteiger partial charge in [-0.3, -0.25) is 9.59 Å². The molecule has 234 valence electrons. The first-order valence-corrected chi connectivity index (χ1v) is 15.3. The minimum atomic E-state index is -1.58. The Morgan fingerprint density at radius 1 is 0.956 bits per heavy atom. The van der Waals surface area contributed by atoms with E-state index >= 15 is 0 Å². The second-order valence-electron chi connectivity index (χ2n) is 11.1. The average molecular weight is 610 g/mol. The molecule has 0 radical (unpaired) electrons. The molecule has 2 heterocycles. The van der Waals surface area contributed by atoms with Crippen LogP contribution in [0.2, 0.25) is 0 Å². The number of carbonyl (C=O) groups is 2. The molecule has 1 amide bonds. The summed E-state index contributed by atoms with van der Waals surface area (Å²) < 4.78 is 19.0. The molecular formula is C36H40N4O5. The van der Waals surface area contributed by atoms with Gasteiger partial charge in [-0.15, -0.1) is 0 Å². The van der Waals surface area contributed by atoms with E-state index in [1.165, 1.54) is 5.69 Å². The number of hydrogen-bond acceptors (Lipinski definition) is 8. The van der Waals surface area contributed by atoms with Crippen LogP contribution in [0.4, 0.5) is 5.69 Å². The van der Waals surface area contributed by atoms with E-state index in [1.54, 1.807) is 13.8 Å². The van der Waals surface area contributed by atoms with Gasteiger partial charge in [0.2, 0.25) is 0 Å². The molecule has 1 fully saturated rings. The van der Waals surface area contributed by atoms with Crippen molar-refractivity contribution in [3.8, 4) is 16.9 Å². The maximum Gasteiger partial charge on any atom is 0.325 e. The highest BCUT2D eigenvalue weighted by Crippen LogP contribution is 2.29. The number of aryl methyl sites for hydroxylation is 1. The Bertz CT molecular complexity index is 1610. The topological polar surface area (TPSA) is 114 Å². The van der Waals surface area contributed by atoms with Crippen molar-refractivity contribution in [2.75, 3.05) is 31.1 Å². The SMILES string of the molecule is [2H]C(NC(=O)c1nc(CC2CCN(c3ccc(-c4ccc(CO)cc4)cc3)CC2)nc(C)c1OCc1ccccc1)C(=O)OCC. The van der Waals surface area contributed by atoms with E-state index in [1.807, 2.05) is 54.6 Å². The highest BCUT2D eigenvalue weighted by atomic mass is 16.5. The zero-order chi connectivity index (χ0) is 32.5. The summed E-state index contributed by atoms with van der Waals surface area (Å²) in [5.41, 5.74) is 5.75. The summed E-state index contributed by atoms with van der Waals surface area (Å²) in [6.07, 6.45) is 2.48. The fourth-order valence-corrected chi connectivity index (χ4v) is 5.47. The fourth-order valence-electron chi connectivity index (χ4n) is 5.47. The third-order valence-corrected chi connectivity index (χ3v) is 7.92. The van der Waals surface area contributed by atoms with Crippen molar-refractivity contribution in [2.24, 2.45) is 5.92 Å². The molecule has 4 aromatic rings. The number of piperidine rings is 1. The van der Waals surface area contributed by atoms with Crippen molar-refractivity contribution < 1.29 is 25.5 Å².